The smallest absolute Gasteiger partial charge is 0.240 e. The molecular weight excluding hydrogens is 338 g/mol. The Morgan fingerprint density at radius 1 is 1.15 bits per heavy atom. The minimum atomic E-state index is -0.246. The Labute approximate surface area is 163 Å². The molecule has 4 rings (SSSR count). The van der Waals surface area contributed by atoms with Crippen LogP contribution in [-0.2, 0) is 24.4 Å². The lowest BCUT2D eigenvalue weighted by Crippen LogP contribution is -2.56. The van der Waals surface area contributed by atoms with Gasteiger partial charge >= 0.3 is 0 Å². The molecule has 3 heterocycles. The van der Waals surface area contributed by atoms with Gasteiger partial charge in [-0.15, -0.1) is 0 Å². The number of aromatic nitrogens is 2. The minimum Gasteiger partial charge on any atom is -0.349 e. The summed E-state index contributed by atoms with van der Waals surface area (Å²) in [6.07, 6.45) is 6.85. The van der Waals surface area contributed by atoms with Crippen molar-refractivity contribution in [3.8, 4) is 0 Å². The zero-order chi connectivity index (χ0) is 18.9. The van der Waals surface area contributed by atoms with Crippen LogP contribution in [0.5, 0.6) is 0 Å². The van der Waals surface area contributed by atoms with Gasteiger partial charge in [0, 0.05) is 19.6 Å². The number of nitrogens with zero attached hydrogens (tertiary/aromatic N) is 4. The molecule has 0 radical (unpaired) electrons. The summed E-state index contributed by atoms with van der Waals surface area (Å²) in [6.45, 7) is 11.4. The van der Waals surface area contributed by atoms with Gasteiger partial charge < -0.3 is 5.32 Å². The van der Waals surface area contributed by atoms with Crippen LogP contribution in [0.3, 0.4) is 0 Å². The van der Waals surface area contributed by atoms with E-state index in [1.165, 1.54) is 31.4 Å². The van der Waals surface area contributed by atoms with E-state index >= 15 is 0 Å². The number of carbonyl (C=O) groups is 1. The van der Waals surface area contributed by atoms with E-state index in [9.17, 15) is 4.79 Å². The van der Waals surface area contributed by atoms with E-state index in [1.807, 2.05) is 0 Å². The van der Waals surface area contributed by atoms with E-state index in [2.05, 4.69) is 39.7 Å². The van der Waals surface area contributed by atoms with Gasteiger partial charge in [-0.3, -0.25) is 19.3 Å². The number of hydrogen-bond acceptors (Lipinski definition) is 4. The average Bonchev–Trinajstić information content (AvgIpc) is 3.38. The highest BCUT2D eigenvalue weighted by Gasteiger charge is 2.46. The number of carbonyl (C=O) groups excluding carboxylic acids is 1. The maximum absolute atomic E-state index is 13.1. The molecule has 6 heteroatoms. The number of fused-ring (bicyclic) bond motifs is 1. The van der Waals surface area contributed by atoms with Crippen LogP contribution in [0.4, 0.5) is 0 Å². The first-order valence-electron chi connectivity index (χ1n) is 10.9. The summed E-state index contributed by atoms with van der Waals surface area (Å²) in [5.74, 6) is 0.917. The Hall–Kier alpha value is -1.40. The molecule has 0 atom stereocenters. The third-order valence-electron chi connectivity index (χ3n) is 6.55. The predicted octanol–water partition coefficient (Wildman–Crippen LogP) is 2.38. The number of hydrogen-bond donors (Lipinski definition) is 1. The molecule has 1 N–H and O–H groups in total. The summed E-state index contributed by atoms with van der Waals surface area (Å²) >= 11 is 0. The minimum absolute atomic E-state index is 0.231. The molecule has 6 nitrogen and oxygen atoms in total. The topological polar surface area (TPSA) is 53.4 Å². The van der Waals surface area contributed by atoms with Crippen molar-refractivity contribution < 1.29 is 4.79 Å². The van der Waals surface area contributed by atoms with E-state index in [-0.39, 0.29) is 11.4 Å². The standard InChI is InChI=1S/C21H35N5O/c1-17(2)15-24-11-12-26-19(16-24)13-18(23-26)14-22-20(27)21(7-3-4-8-21)25-9-5-6-10-25/h13,17H,3-12,14-16H2,1-2H3,(H,22,27). The molecule has 150 valence electrons. The van der Waals surface area contributed by atoms with E-state index in [0.717, 1.165) is 57.8 Å². The van der Waals surface area contributed by atoms with Crippen molar-refractivity contribution in [2.45, 2.75) is 77.5 Å². The van der Waals surface area contributed by atoms with Gasteiger partial charge in [-0.05, 0) is 50.8 Å². The number of likely N-dealkylation sites (tertiary alicyclic amines) is 1. The molecule has 0 bridgehead atoms. The average molecular weight is 374 g/mol. The van der Waals surface area contributed by atoms with E-state index in [4.69, 9.17) is 5.10 Å². The van der Waals surface area contributed by atoms with Crippen LogP contribution in [0.1, 0.15) is 63.8 Å². The highest BCUT2D eigenvalue weighted by molar-refractivity contribution is 5.86. The molecule has 2 fully saturated rings. The molecule has 1 amide bonds. The second-order valence-electron chi connectivity index (χ2n) is 9.09. The molecule has 0 unspecified atom stereocenters. The monoisotopic (exact) mass is 373 g/mol. The zero-order valence-corrected chi connectivity index (χ0v) is 17.0. The van der Waals surface area contributed by atoms with Gasteiger partial charge in [-0.2, -0.15) is 5.10 Å². The van der Waals surface area contributed by atoms with Gasteiger partial charge in [-0.1, -0.05) is 26.7 Å². The molecule has 1 saturated heterocycles. The molecule has 2 aliphatic heterocycles. The third kappa shape index (κ3) is 3.92. The summed E-state index contributed by atoms with van der Waals surface area (Å²) in [6, 6.07) is 2.18. The van der Waals surface area contributed by atoms with Crippen LogP contribution in [0.25, 0.3) is 0 Å². The van der Waals surface area contributed by atoms with Gasteiger partial charge in [0.1, 0.15) is 5.54 Å². The largest absolute Gasteiger partial charge is 0.349 e. The number of rotatable bonds is 6. The lowest BCUT2D eigenvalue weighted by atomic mass is 9.94. The van der Waals surface area contributed by atoms with Gasteiger partial charge in [0.05, 0.1) is 24.5 Å². The summed E-state index contributed by atoms with van der Waals surface area (Å²) in [5, 5.41) is 7.99. The van der Waals surface area contributed by atoms with E-state index in [1.54, 1.807) is 0 Å². The fourth-order valence-corrected chi connectivity index (χ4v) is 5.27. The van der Waals surface area contributed by atoms with Crippen LogP contribution in [-0.4, -0.2) is 57.2 Å². The lowest BCUT2D eigenvalue weighted by Gasteiger charge is -2.37. The Morgan fingerprint density at radius 2 is 1.89 bits per heavy atom. The molecule has 1 aromatic rings. The molecular formula is C21H35N5O. The third-order valence-corrected chi connectivity index (χ3v) is 6.55. The Morgan fingerprint density at radius 3 is 2.59 bits per heavy atom. The number of nitrogens with one attached hydrogen (secondary N) is 1. The van der Waals surface area contributed by atoms with Crippen molar-refractivity contribution in [1.82, 2.24) is 24.9 Å². The van der Waals surface area contributed by atoms with Crippen molar-refractivity contribution in [3.63, 3.8) is 0 Å². The summed E-state index contributed by atoms with van der Waals surface area (Å²) in [5.41, 5.74) is 2.03. The first-order chi connectivity index (χ1) is 13.1. The van der Waals surface area contributed by atoms with Gasteiger partial charge in [0.25, 0.3) is 0 Å². The van der Waals surface area contributed by atoms with Crippen molar-refractivity contribution in [3.05, 3.63) is 17.5 Å². The lowest BCUT2D eigenvalue weighted by molar-refractivity contribution is -0.133. The van der Waals surface area contributed by atoms with E-state index in [0.29, 0.717) is 12.5 Å². The van der Waals surface area contributed by atoms with Gasteiger partial charge in [0.2, 0.25) is 5.91 Å². The fraction of sp³-hybridized carbons (Fsp3) is 0.810. The Bertz CT molecular complexity index is 656. The predicted molar refractivity (Wildman–Crippen MR) is 106 cm³/mol. The molecule has 3 aliphatic rings. The quantitative estimate of drug-likeness (QED) is 0.832. The van der Waals surface area contributed by atoms with Crippen LogP contribution in [0.15, 0.2) is 6.07 Å². The zero-order valence-electron chi connectivity index (χ0n) is 17.0. The normalized spacial score (nSPS) is 23.1. The summed E-state index contributed by atoms with van der Waals surface area (Å²) < 4.78 is 2.13. The van der Waals surface area contributed by atoms with Crippen molar-refractivity contribution in [1.29, 1.82) is 0 Å². The number of amides is 1. The van der Waals surface area contributed by atoms with Crippen molar-refractivity contribution >= 4 is 5.91 Å². The second-order valence-corrected chi connectivity index (χ2v) is 9.09. The van der Waals surface area contributed by atoms with Crippen LogP contribution in [0, 0.1) is 5.92 Å². The molecule has 27 heavy (non-hydrogen) atoms. The highest BCUT2D eigenvalue weighted by Crippen LogP contribution is 2.37. The second kappa shape index (κ2) is 7.92. The first kappa shape index (κ1) is 18.9. The first-order valence-corrected chi connectivity index (χ1v) is 10.9. The summed E-state index contributed by atoms with van der Waals surface area (Å²) in [4.78, 5) is 18.1. The van der Waals surface area contributed by atoms with Crippen molar-refractivity contribution in [2.75, 3.05) is 26.2 Å². The molecule has 1 aliphatic carbocycles. The molecule has 0 aromatic carbocycles. The van der Waals surface area contributed by atoms with Crippen molar-refractivity contribution in [2.24, 2.45) is 5.92 Å². The Balaban J connectivity index is 1.37. The highest BCUT2D eigenvalue weighted by atomic mass is 16.2. The van der Waals surface area contributed by atoms with Crippen LogP contribution >= 0.6 is 0 Å². The van der Waals surface area contributed by atoms with Gasteiger partial charge in [-0.25, -0.2) is 0 Å². The maximum atomic E-state index is 13.1. The maximum Gasteiger partial charge on any atom is 0.240 e. The SMILES string of the molecule is CC(C)CN1CCn2nc(CNC(=O)C3(N4CCCC4)CCCC3)cc2C1. The summed E-state index contributed by atoms with van der Waals surface area (Å²) in [7, 11) is 0. The molecule has 1 aromatic heterocycles. The van der Waals surface area contributed by atoms with Crippen LogP contribution < -0.4 is 5.32 Å². The molecule has 1 saturated carbocycles. The van der Waals surface area contributed by atoms with Gasteiger partial charge in [0.15, 0.2) is 0 Å². The Kier molecular flexibility index (Phi) is 5.55. The fourth-order valence-electron chi connectivity index (χ4n) is 5.27. The van der Waals surface area contributed by atoms with E-state index < -0.39 is 0 Å². The molecule has 0 spiro atoms. The van der Waals surface area contributed by atoms with Crippen LogP contribution in [0.2, 0.25) is 0 Å².